The molecule has 188 valence electrons. The fraction of sp³-hybridized carbons (Fsp3) is 0.125. The minimum absolute atomic E-state index is 0.0479. The van der Waals surface area contributed by atoms with Crippen molar-refractivity contribution in [3.8, 4) is 22.5 Å². The summed E-state index contributed by atoms with van der Waals surface area (Å²) in [5, 5.41) is 9.40. The Morgan fingerprint density at radius 3 is 1.76 bits per heavy atom. The average molecular weight is 517 g/mol. The molecule has 0 unspecified atom stereocenters. The van der Waals surface area contributed by atoms with Gasteiger partial charge in [0.1, 0.15) is 11.4 Å². The van der Waals surface area contributed by atoms with Crippen molar-refractivity contribution in [1.82, 2.24) is 20.1 Å². The van der Waals surface area contributed by atoms with Crippen molar-refractivity contribution in [1.29, 1.82) is 0 Å². The Morgan fingerprint density at radius 2 is 1.16 bits per heavy atom. The summed E-state index contributed by atoms with van der Waals surface area (Å²) >= 11 is 1.33. The number of benzene rings is 4. The molecule has 6 heteroatoms. The van der Waals surface area contributed by atoms with Gasteiger partial charge in [-0.1, -0.05) is 133 Å². The summed E-state index contributed by atoms with van der Waals surface area (Å²) in [4.78, 5) is 20.2. The number of rotatable bonds is 10. The Kier molecular flexibility index (Phi) is 8.54. The summed E-state index contributed by atoms with van der Waals surface area (Å²) < 4.78 is 0. The maximum Gasteiger partial charge on any atom is 0.233 e. The molecule has 0 saturated heterocycles. The summed E-state index contributed by atoms with van der Waals surface area (Å²) in [5.41, 5.74) is 5.71. The predicted molar refractivity (Wildman–Crippen MR) is 153 cm³/mol. The normalized spacial score (nSPS) is 10.7. The van der Waals surface area contributed by atoms with Gasteiger partial charge >= 0.3 is 0 Å². The zero-order valence-corrected chi connectivity index (χ0v) is 21.8. The maximum absolute atomic E-state index is 13.4. The van der Waals surface area contributed by atoms with Crippen LogP contribution in [0.5, 0.6) is 0 Å². The van der Waals surface area contributed by atoms with Crippen LogP contribution in [-0.2, 0) is 17.8 Å². The van der Waals surface area contributed by atoms with Crippen LogP contribution in [-0.4, -0.2) is 38.3 Å². The van der Waals surface area contributed by atoms with Gasteiger partial charge in [-0.3, -0.25) is 4.79 Å². The lowest BCUT2D eigenvalue weighted by Crippen LogP contribution is -2.33. The summed E-state index contributed by atoms with van der Waals surface area (Å²) in [7, 11) is 0. The summed E-state index contributed by atoms with van der Waals surface area (Å²) in [5.74, 6) is 0.286. The van der Waals surface area contributed by atoms with Crippen LogP contribution in [0.15, 0.2) is 126 Å². The van der Waals surface area contributed by atoms with E-state index in [1.165, 1.54) is 17.3 Å². The van der Waals surface area contributed by atoms with Gasteiger partial charge in [-0.15, -0.1) is 10.2 Å². The smallest absolute Gasteiger partial charge is 0.233 e. The number of hydrogen-bond acceptors (Lipinski definition) is 5. The molecule has 0 bridgehead atoms. The van der Waals surface area contributed by atoms with Crippen LogP contribution in [0.2, 0.25) is 0 Å². The third-order valence-corrected chi connectivity index (χ3v) is 6.99. The van der Waals surface area contributed by atoms with Gasteiger partial charge in [-0.2, -0.15) is 0 Å². The molecule has 5 nitrogen and oxygen atoms in total. The topological polar surface area (TPSA) is 59.0 Å². The number of carbonyl (C=O) groups is 1. The van der Waals surface area contributed by atoms with Gasteiger partial charge in [-0.05, 0) is 17.5 Å². The van der Waals surface area contributed by atoms with Crippen LogP contribution in [0.1, 0.15) is 11.1 Å². The molecule has 0 aliphatic heterocycles. The van der Waals surface area contributed by atoms with E-state index in [2.05, 4.69) is 34.5 Å². The number of nitrogens with zero attached hydrogens (tertiary/aromatic N) is 4. The number of carbonyl (C=O) groups excluding carboxylic acids is 1. The van der Waals surface area contributed by atoms with E-state index in [1.54, 1.807) is 0 Å². The van der Waals surface area contributed by atoms with Gasteiger partial charge in [0, 0.05) is 24.2 Å². The van der Waals surface area contributed by atoms with E-state index in [1.807, 2.05) is 102 Å². The summed E-state index contributed by atoms with van der Waals surface area (Å²) in [6.45, 7) is 1.20. The molecule has 5 aromatic rings. The first-order chi connectivity index (χ1) is 18.8. The number of aromatic nitrogens is 3. The Balaban J connectivity index is 1.34. The van der Waals surface area contributed by atoms with Gasteiger partial charge < -0.3 is 4.90 Å². The minimum atomic E-state index is 0.0479. The molecule has 0 radical (unpaired) electrons. The summed E-state index contributed by atoms with van der Waals surface area (Å²) in [6, 6.07) is 40.3. The first kappa shape index (κ1) is 25.4. The molecule has 38 heavy (non-hydrogen) atoms. The van der Waals surface area contributed by atoms with Gasteiger partial charge in [-0.25, -0.2) is 4.98 Å². The molecule has 5 rings (SSSR count). The monoisotopic (exact) mass is 516 g/mol. The molecule has 0 aliphatic rings. The maximum atomic E-state index is 13.4. The van der Waals surface area contributed by atoms with Gasteiger partial charge in [0.05, 0.1) is 5.75 Å². The highest BCUT2D eigenvalue weighted by molar-refractivity contribution is 7.99. The van der Waals surface area contributed by atoms with E-state index >= 15 is 0 Å². The van der Waals surface area contributed by atoms with Crippen molar-refractivity contribution in [3.63, 3.8) is 0 Å². The minimum Gasteiger partial charge on any atom is -0.337 e. The van der Waals surface area contributed by atoms with Gasteiger partial charge in [0.15, 0.2) is 0 Å². The van der Waals surface area contributed by atoms with E-state index in [9.17, 15) is 4.79 Å². The highest BCUT2D eigenvalue weighted by atomic mass is 32.2. The molecule has 0 fully saturated rings. The first-order valence-corrected chi connectivity index (χ1v) is 13.6. The van der Waals surface area contributed by atoms with Gasteiger partial charge in [0.2, 0.25) is 11.1 Å². The largest absolute Gasteiger partial charge is 0.337 e. The summed E-state index contributed by atoms with van der Waals surface area (Å²) in [6.07, 6.45) is 0.798. The molecule has 1 amide bonds. The fourth-order valence-electron chi connectivity index (χ4n) is 4.18. The van der Waals surface area contributed by atoms with Crippen LogP contribution in [0.3, 0.4) is 0 Å². The third kappa shape index (κ3) is 6.72. The van der Waals surface area contributed by atoms with Crippen molar-refractivity contribution < 1.29 is 4.79 Å². The standard InChI is InChI=1S/C32H28N4OS/c37-29(36(23-26-15-7-2-8-16-26)22-21-25-13-5-1-6-14-25)24-38-32-33-30(27-17-9-3-10-18-27)31(34-35-32)28-19-11-4-12-20-28/h1-20H,21-24H2. The molecular weight excluding hydrogens is 488 g/mol. The number of hydrogen-bond donors (Lipinski definition) is 0. The molecular formula is C32H28N4OS. The van der Waals surface area contributed by atoms with Crippen molar-refractivity contribution in [2.45, 2.75) is 18.1 Å². The molecule has 0 aliphatic carbocycles. The lowest BCUT2D eigenvalue weighted by Gasteiger charge is -2.23. The quantitative estimate of drug-likeness (QED) is 0.197. The second kappa shape index (κ2) is 12.8. The average Bonchev–Trinajstić information content (AvgIpc) is 3.00. The Labute approximate surface area is 227 Å². The van der Waals surface area contributed by atoms with Crippen LogP contribution >= 0.6 is 11.8 Å². The second-order valence-electron chi connectivity index (χ2n) is 8.85. The van der Waals surface area contributed by atoms with Crippen molar-refractivity contribution in [2.24, 2.45) is 0 Å². The molecule has 0 saturated carbocycles. The van der Waals surface area contributed by atoms with Crippen molar-refractivity contribution in [2.75, 3.05) is 12.3 Å². The predicted octanol–water partition coefficient (Wildman–Crippen LogP) is 6.57. The Morgan fingerprint density at radius 1 is 0.632 bits per heavy atom. The highest BCUT2D eigenvalue weighted by Crippen LogP contribution is 2.29. The van der Waals surface area contributed by atoms with Crippen LogP contribution < -0.4 is 0 Å². The highest BCUT2D eigenvalue weighted by Gasteiger charge is 2.18. The molecule has 1 heterocycles. The molecule has 0 atom stereocenters. The second-order valence-corrected chi connectivity index (χ2v) is 9.79. The lowest BCUT2D eigenvalue weighted by molar-refractivity contribution is -0.128. The van der Waals surface area contributed by atoms with E-state index in [4.69, 9.17) is 4.98 Å². The van der Waals surface area contributed by atoms with E-state index < -0.39 is 0 Å². The van der Waals surface area contributed by atoms with Crippen LogP contribution in [0, 0.1) is 0 Å². The molecule has 4 aromatic carbocycles. The zero-order chi connectivity index (χ0) is 26.0. The third-order valence-electron chi connectivity index (χ3n) is 6.17. The van der Waals surface area contributed by atoms with E-state index in [-0.39, 0.29) is 11.7 Å². The number of amides is 1. The Bertz CT molecular complexity index is 1450. The van der Waals surface area contributed by atoms with Gasteiger partial charge in [0.25, 0.3) is 0 Å². The van der Waals surface area contributed by atoms with E-state index in [0.717, 1.165) is 34.5 Å². The van der Waals surface area contributed by atoms with Crippen LogP contribution in [0.4, 0.5) is 0 Å². The molecule has 0 N–H and O–H groups in total. The van der Waals surface area contributed by atoms with E-state index in [0.29, 0.717) is 18.2 Å². The van der Waals surface area contributed by atoms with Crippen molar-refractivity contribution in [3.05, 3.63) is 132 Å². The Hall–Kier alpha value is -4.29. The van der Waals surface area contributed by atoms with Crippen molar-refractivity contribution >= 4 is 17.7 Å². The number of thioether (sulfide) groups is 1. The first-order valence-electron chi connectivity index (χ1n) is 12.6. The molecule has 1 aromatic heterocycles. The van der Waals surface area contributed by atoms with Crippen LogP contribution in [0.25, 0.3) is 22.5 Å². The lowest BCUT2D eigenvalue weighted by atomic mass is 10.0. The SMILES string of the molecule is O=C(CSc1nnc(-c2ccccc2)c(-c2ccccc2)n1)N(CCc1ccccc1)Cc1ccccc1. The zero-order valence-electron chi connectivity index (χ0n) is 21.0. The molecule has 0 spiro atoms. The fourth-order valence-corrected chi connectivity index (χ4v) is 4.87.